The van der Waals surface area contributed by atoms with Crippen LogP contribution in [-0.2, 0) is 17.5 Å². The van der Waals surface area contributed by atoms with Crippen molar-refractivity contribution in [2.75, 3.05) is 13.1 Å². The van der Waals surface area contributed by atoms with E-state index in [-0.39, 0.29) is 12.7 Å². The average Bonchev–Trinajstić information content (AvgIpc) is 2.37. The van der Waals surface area contributed by atoms with Gasteiger partial charge in [-0.05, 0) is 43.6 Å². The Kier molecular flexibility index (Phi) is 4.42. The van der Waals surface area contributed by atoms with Gasteiger partial charge in [-0.1, -0.05) is 6.07 Å². The highest BCUT2D eigenvalue weighted by Crippen LogP contribution is 2.32. The summed E-state index contributed by atoms with van der Waals surface area (Å²) < 4.78 is 56.2. The molecule has 0 spiro atoms. The Morgan fingerprint density at radius 2 is 1.89 bits per heavy atom. The van der Waals surface area contributed by atoms with Gasteiger partial charge < -0.3 is 10.1 Å². The van der Waals surface area contributed by atoms with Crippen LogP contribution < -0.4 is 5.32 Å². The fraction of sp³-hybridized carbons (Fsp3) is 0.538. The largest absolute Gasteiger partial charge is 0.419 e. The van der Waals surface area contributed by atoms with Crippen LogP contribution in [-0.4, -0.2) is 19.2 Å². The maximum Gasteiger partial charge on any atom is 0.419 e. The zero-order chi connectivity index (χ0) is 13.9. The second kappa shape index (κ2) is 5.88. The zero-order valence-electron chi connectivity index (χ0n) is 10.3. The molecule has 0 saturated carbocycles. The van der Waals surface area contributed by atoms with Gasteiger partial charge in [0, 0.05) is 0 Å². The van der Waals surface area contributed by atoms with E-state index in [9.17, 15) is 17.6 Å². The molecule has 1 fully saturated rings. The lowest BCUT2D eigenvalue weighted by Gasteiger charge is -2.23. The molecular weight excluding hydrogens is 262 g/mol. The number of hydrogen-bond donors (Lipinski definition) is 1. The van der Waals surface area contributed by atoms with Crippen LogP contribution in [0.25, 0.3) is 0 Å². The van der Waals surface area contributed by atoms with Gasteiger partial charge in [0.1, 0.15) is 5.82 Å². The Morgan fingerprint density at radius 3 is 2.53 bits per heavy atom. The van der Waals surface area contributed by atoms with E-state index >= 15 is 0 Å². The molecule has 106 valence electrons. The molecule has 1 aliphatic rings. The van der Waals surface area contributed by atoms with Gasteiger partial charge in [-0.2, -0.15) is 13.2 Å². The maximum absolute atomic E-state index is 13.1. The summed E-state index contributed by atoms with van der Waals surface area (Å²) in [5.74, 6) is -1.25. The van der Waals surface area contributed by atoms with E-state index in [1.54, 1.807) is 0 Å². The molecule has 1 aromatic carbocycles. The van der Waals surface area contributed by atoms with Crippen molar-refractivity contribution in [1.29, 1.82) is 0 Å². The molecule has 2 rings (SSSR count). The Balaban J connectivity index is 2.00. The molecular formula is C13H15F4NO. The molecule has 1 saturated heterocycles. The quantitative estimate of drug-likeness (QED) is 0.857. The van der Waals surface area contributed by atoms with Crippen LogP contribution in [0.1, 0.15) is 24.0 Å². The number of ether oxygens (including phenoxy) is 1. The monoisotopic (exact) mass is 277 g/mol. The fourth-order valence-corrected chi connectivity index (χ4v) is 2.06. The summed E-state index contributed by atoms with van der Waals surface area (Å²) >= 11 is 0. The van der Waals surface area contributed by atoms with Crippen LogP contribution >= 0.6 is 0 Å². The summed E-state index contributed by atoms with van der Waals surface area (Å²) in [6.07, 6.45) is -2.93. The van der Waals surface area contributed by atoms with E-state index < -0.39 is 17.6 Å². The third kappa shape index (κ3) is 3.91. The SMILES string of the molecule is Fc1ccc(COC2CCNCC2)cc1C(F)(F)F. The first-order chi connectivity index (χ1) is 8.97. The molecule has 1 aromatic rings. The summed E-state index contributed by atoms with van der Waals surface area (Å²) in [4.78, 5) is 0. The smallest absolute Gasteiger partial charge is 0.373 e. The minimum atomic E-state index is -4.67. The molecule has 19 heavy (non-hydrogen) atoms. The number of nitrogens with one attached hydrogen (secondary N) is 1. The van der Waals surface area contributed by atoms with E-state index in [4.69, 9.17) is 4.74 Å². The van der Waals surface area contributed by atoms with Crippen molar-refractivity contribution in [1.82, 2.24) is 5.32 Å². The van der Waals surface area contributed by atoms with Crippen LogP contribution in [0.3, 0.4) is 0 Å². The van der Waals surface area contributed by atoms with Gasteiger partial charge in [0.25, 0.3) is 0 Å². The van der Waals surface area contributed by atoms with E-state index in [2.05, 4.69) is 5.32 Å². The first kappa shape index (κ1) is 14.3. The van der Waals surface area contributed by atoms with Crippen LogP contribution in [0.4, 0.5) is 17.6 Å². The predicted octanol–water partition coefficient (Wildman–Crippen LogP) is 3.11. The van der Waals surface area contributed by atoms with Crippen LogP contribution in [0.15, 0.2) is 18.2 Å². The Bertz CT molecular complexity index is 427. The lowest BCUT2D eigenvalue weighted by Crippen LogP contribution is -2.32. The topological polar surface area (TPSA) is 21.3 Å². The van der Waals surface area contributed by atoms with Crippen LogP contribution in [0.2, 0.25) is 0 Å². The molecule has 1 aliphatic heterocycles. The Morgan fingerprint density at radius 1 is 1.21 bits per heavy atom. The molecule has 0 radical (unpaired) electrons. The molecule has 0 aliphatic carbocycles. The summed E-state index contributed by atoms with van der Waals surface area (Å²) in [6, 6.07) is 2.98. The summed E-state index contributed by atoms with van der Waals surface area (Å²) in [6.45, 7) is 1.78. The molecule has 1 N–H and O–H groups in total. The first-order valence-electron chi connectivity index (χ1n) is 6.15. The normalized spacial score (nSPS) is 17.7. The highest BCUT2D eigenvalue weighted by Gasteiger charge is 2.34. The molecule has 2 nitrogen and oxygen atoms in total. The van der Waals surface area contributed by atoms with Gasteiger partial charge in [0.05, 0.1) is 18.3 Å². The molecule has 1 heterocycles. The molecule has 0 bridgehead atoms. The number of halogens is 4. The summed E-state index contributed by atoms with van der Waals surface area (Å²) in [5, 5.41) is 3.17. The van der Waals surface area contributed by atoms with Crippen LogP contribution in [0.5, 0.6) is 0 Å². The first-order valence-corrected chi connectivity index (χ1v) is 6.15. The molecule has 0 amide bonds. The number of piperidine rings is 1. The molecule has 0 unspecified atom stereocenters. The van der Waals surface area contributed by atoms with Crippen molar-refractivity contribution in [3.8, 4) is 0 Å². The Labute approximate surface area is 108 Å². The van der Waals surface area contributed by atoms with Crippen molar-refractivity contribution in [2.24, 2.45) is 0 Å². The molecule has 0 aromatic heterocycles. The third-order valence-corrected chi connectivity index (χ3v) is 3.11. The summed E-state index contributed by atoms with van der Waals surface area (Å²) in [5.41, 5.74) is -0.897. The van der Waals surface area contributed by atoms with Gasteiger partial charge in [-0.3, -0.25) is 0 Å². The lowest BCUT2D eigenvalue weighted by molar-refractivity contribution is -0.140. The highest BCUT2D eigenvalue weighted by molar-refractivity contribution is 5.26. The minimum absolute atomic E-state index is 0.0561. The van der Waals surface area contributed by atoms with Crippen molar-refractivity contribution < 1.29 is 22.3 Å². The van der Waals surface area contributed by atoms with Gasteiger partial charge in [-0.15, -0.1) is 0 Å². The fourth-order valence-electron chi connectivity index (χ4n) is 2.06. The third-order valence-electron chi connectivity index (χ3n) is 3.11. The van der Waals surface area contributed by atoms with Gasteiger partial charge >= 0.3 is 6.18 Å². The van der Waals surface area contributed by atoms with Crippen molar-refractivity contribution in [2.45, 2.75) is 31.7 Å². The van der Waals surface area contributed by atoms with E-state index in [0.717, 1.165) is 38.1 Å². The minimum Gasteiger partial charge on any atom is -0.373 e. The number of benzene rings is 1. The molecule has 6 heteroatoms. The van der Waals surface area contributed by atoms with Crippen molar-refractivity contribution in [3.05, 3.63) is 35.1 Å². The van der Waals surface area contributed by atoms with E-state index in [0.29, 0.717) is 5.56 Å². The van der Waals surface area contributed by atoms with Crippen LogP contribution in [0, 0.1) is 5.82 Å². The summed E-state index contributed by atoms with van der Waals surface area (Å²) in [7, 11) is 0. The standard InChI is InChI=1S/C13H15F4NO/c14-12-2-1-9(7-11(12)13(15,16)17)8-19-10-3-5-18-6-4-10/h1-2,7,10,18H,3-6,8H2. The maximum atomic E-state index is 13.1. The lowest BCUT2D eigenvalue weighted by atomic mass is 10.1. The van der Waals surface area contributed by atoms with Gasteiger partial charge in [0.2, 0.25) is 0 Å². The van der Waals surface area contributed by atoms with E-state index in [1.807, 2.05) is 0 Å². The van der Waals surface area contributed by atoms with Crippen molar-refractivity contribution >= 4 is 0 Å². The van der Waals surface area contributed by atoms with E-state index in [1.165, 1.54) is 6.07 Å². The Hall–Kier alpha value is -1.14. The highest BCUT2D eigenvalue weighted by atomic mass is 19.4. The number of hydrogen-bond acceptors (Lipinski definition) is 2. The molecule has 0 atom stereocenters. The zero-order valence-corrected chi connectivity index (χ0v) is 10.3. The second-order valence-corrected chi connectivity index (χ2v) is 4.57. The van der Waals surface area contributed by atoms with Gasteiger partial charge in [0.15, 0.2) is 0 Å². The second-order valence-electron chi connectivity index (χ2n) is 4.57. The van der Waals surface area contributed by atoms with Gasteiger partial charge in [-0.25, -0.2) is 4.39 Å². The average molecular weight is 277 g/mol. The predicted molar refractivity (Wildman–Crippen MR) is 62.1 cm³/mol. The number of rotatable bonds is 3. The van der Waals surface area contributed by atoms with Crippen molar-refractivity contribution in [3.63, 3.8) is 0 Å². The number of alkyl halides is 3.